The minimum absolute atomic E-state index is 0.0498. The molecule has 2 rings (SSSR count). The van der Waals surface area contributed by atoms with E-state index in [0.29, 0.717) is 12.1 Å². The summed E-state index contributed by atoms with van der Waals surface area (Å²) in [6.07, 6.45) is 4.58. The number of ether oxygens (including phenoxy) is 2. The average Bonchev–Trinajstić information content (AvgIpc) is 2.74. The molecule has 0 aromatic heterocycles. The number of carbonyl (C=O) groups excluding carboxylic acids is 1. The van der Waals surface area contributed by atoms with E-state index in [4.69, 9.17) is 9.47 Å². The maximum absolute atomic E-state index is 12.3. The maximum atomic E-state index is 12.3. The highest BCUT2D eigenvalue weighted by atomic mass is 79.9. The van der Waals surface area contributed by atoms with Gasteiger partial charge in [0.2, 0.25) is 0 Å². The number of hydrogen-bond donors (Lipinski definition) is 1. The summed E-state index contributed by atoms with van der Waals surface area (Å²) in [6, 6.07) is 13.6. The number of carbonyl (C=O) groups is 1. The molecule has 2 aromatic carbocycles. The fraction of sp³-hybridized carbons (Fsp3) is 0.519. The molecule has 4 nitrogen and oxygen atoms in total. The van der Waals surface area contributed by atoms with Gasteiger partial charge < -0.3 is 14.8 Å². The number of hydrogen-bond acceptors (Lipinski definition) is 3. The first-order chi connectivity index (χ1) is 15.1. The van der Waals surface area contributed by atoms with Crippen molar-refractivity contribution < 1.29 is 14.3 Å². The Morgan fingerprint density at radius 1 is 0.938 bits per heavy atom. The van der Waals surface area contributed by atoms with E-state index in [1.165, 1.54) is 5.56 Å². The summed E-state index contributed by atoms with van der Waals surface area (Å²) in [6.45, 7) is 13.3. The van der Waals surface area contributed by atoms with Crippen molar-refractivity contribution in [2.75, 3.05) is 6.54 Å². The molecule has 0 aliphatic rings. The van der Waals surface area contributed by atoms with Crippen molar-refractivity contribution in [3.8, 4) is 11.5 Å². The zero-order valence-electron chi connectivity index (χ0n) is 20.4. The molecule has 0 saturated heterocycles. The van der Waals surface area contributed by atoms with E-state index in [1.54, 1.807) is 0 Å². The molecule has 1 N–H and O–H groups in total. The Balaban J connectivity index is 1.98. The fourth-order valence-electron chi connectivity index (χ4n) is 3.04. The first-order valence-electron chi connectivity index (χ1n) is 11.6. The van der Waals surface area contributed by atoms with Crippen molar-refractivity contribution in [2.24, 2.45) is 0 Å². The van der Waals surface area contributed by atoms with Gasteiger partial charge in [-0.3, -0.25) is 4.79 Å². The molecule has 5 heteroatoms. The number of rotatable bonds is 12. The van der Waals surface area contributed by atoms with Crippen LogP contribution in [0.3, 0.4) is 0 Å². The average molecular weight is 505 g/mol. The van der Waals surface area contributed by atoms with Crippen LogP contribution >= 0.6 is 15.9 Å². The van der Waals surface area contributed by atoms with E-state index in [0.717, 1.165) is 48.1 Å². The van der Waals surface area contributed by atoms with Gasteiger partial charge >= 0.3 is 0 Å². The van der Waals surface area contributed by atoms with Crippen molar-refractivity contribution in [1.82, 2.24) is 5.32 Å². The molecule has 1 amide bonds. The number of halogens is 1. The highest BCUT2D eigenvalue weighted by Crippen LogP contribution is 2.32. The van der Waals surface area contributed by atoms with E-state index >= 15 is 0 Å². The summed E-state index contributed by atoms with van der Waals surface area (Å²) in [4.78, 5) is 12.3. The molecule has 0 atom stereocenters. The van der Waals surface area contributed by atoms with E-state index in [-0.39, 0.29) is 17.1 Å². The van der Waals surface area contributed by atoms with Crippen LogP contribution in [0.15, 0.2) is 46.9 Å². The van der Waals surface area contributed by atoms with Crippen LogP contribution in [0, 0.1) is 0 Å². The Labute approximate surface area is 202 Å². The first-order valence-corrected chi connectivity index (χ1v) is 12.4. The van der Waals surface area contributed by atoms with Crippen molar-refractivity contribution in [3.05, 3.63) is 58.1 Å². The number of amides is 1. The number of benzene rings is 2. The van der Waals surface area contributed by atoms with Gasteiger partial charge in [-0.25, -0.2) is 0 Å². The largest absolute Gasteiger partial charge is 0.488 e. The number of aryl methyl sites for hydroxylation is 1. The standard InChI is InChI=1S/C27H38BrNO3/c1-7-26(3,4)31-21-17-16-20(24(19-21)32-27(5,6)8-2)13-11-12-18-29-25(30)22-14-9-10-15-23(22)28/h9-10,14-17,19H,7-8,11-13,18H2,1-6H3,(H,29,30). The van der Waals surface area contributed by atoms with Gasteiger partial charge in [0, 0.05) is 17.1 Å². The van der Waals surface area contributed by atoms with E-state index in [2.05, 4.69) is 68.9 Å². The van der Waals surface area contributed by atoms with E-state index < -0.39 is 0 Å². The molecular formula is C27H38BrNO3. The van der Waals surface area contributed by atoms with Gasteiger partial charge in [-0.05, 0) is 99.5 Å². The van der Waals surface area contributed by atoms with Crippen LogP contribution < -0.4 is 14.8 Å². The van der Waals surface area contributed by atoms with Gasteiger partial charge in [0.05, 0.1) is 5.56 Å². The van der Waals surface area contributed by atoms with Gasteiger partial charge in [-0.2, -0.15) is 0 Å². The molecular weight excluding hydrogens is 466 g/mol. The predicted molar refractivity (Wildman–Crippen MR) is 136 cm³/mol. The lowest BCUT2D eigenvalue weighted by molar-refractivity contribution is 0.0941. The Bertz CT molecular complexity index is 892. The lowest BCUT2D eigenvalue weighted by atomic mass is 10.0. The third-order valence-electron chi connectivity index (χ3n) is 5.80. The zero-order valence-corrected chi connectivity index (χ0v) is 22.0. The second-order valence-electron chi connectivity index (χ2n) is 9.39. The molecule has 32 heavy (non-hydrogen) atoms. The highest BCUT2D eigenvalue weighted by Gasteiger charge is 2.21. The van der Waals surface area contributed by atoms with Crippen molar-refractivity contribution >= 4 is 21.8 Å². The second kappa shape index (κ2) is 11.7. The summed E-state index contributed by atoms with van der Waals surface area (Å²) in [7, 11) is 0. The summed E-state index contributed by atoms with van der Waals surface area (Å²) >= 11 is 3.43. The Morgan fingerprint density at radius 3 is 2.25 bits per heavy atom. The van der Waals surface area contributed by atoms with Gasteiger partial charge in [0.15, 0.2) is 0 Å². The SMILES string of the molecule is CCC(C)(C)Oc1ccc(CCCCNC(=O)c2ccccc2Br)c(OC(C)(C)CC)c1. The summed E-state index contributed by atoms with van der Waals surface area (Å²) in [5.74, 6) is 1.67. The van der Waals surface area contributed by atoms with Crippen LogP contribution in [0.1, 0.15) is 83.1 Å². The summed E-state index contributed by atoms with van der Waals surface area (Å²) in [5, 5.41) is 3.01. The topological polar surface area (TPSA) is 47.6 Å². The highest BCUT2D eigenvalue weighted by molar-refractivity contribution is 9.10. The summed E-state index contributed by atoms with van der Waals surface area (Å²) < 4.78 is 13.4. The maximum Gasteiger partial charge on any atom is 0.252 e. The van der Waals surface area contributed by atoms with Crippen LogP contribution in [-0.4, -0.2) is 23.7 Å². The smallest absolute Gasteiger partial charge is 0.252 e. The Hall–Kier alpha value is -2.01. The molecule has 0 unspecified atom stereocenters. The van der Waals surface area contributed by atoms with Crippen molar-refractivity contribution in [1.29, 1.82) is 0 Å². The quantitative estimate of drug-likeness (QED) is 0.308. The third kappa shape index (κ3) is 8.16. The molecule has 0 spiro atoms. The lowest BCUT2D eigenvalue weighted by Gasteiger charge is -2.29. The minimum atomic E-state index is -0.245. The van der Waals surface area contributed by atoms with E-state index in [1.807, 2.05) is 36.4 Å². The van der Waals surface area contributed by atoms with Crippen LogP contribution in [-0.2, 0) is 6.42 Å². The van der Waals surface area contributed by atoms with Gasteiger partial charge in [-0.15, -0.1) is 0 Å². The molecule has 0 aliphatic carbocycles. The van der Waals surface area contributed by atoms with E-state index in [9.17, 15) is 4.79 Å². The number of nitrogens with one attached hydrogen (secondary N) is 1. The Morgan fingerprint density at radius 2 is 1.59 bits per heavy atom. The monoisotopic (exact) mass is 503 g/mol. The zero-order chi connectivity index (χ0) is 23.8. The van der Waals surface area contributed by atoms with Crippen molar-refractivity contribution in [2.45, 2.75) is 84.8 Å². The van der Waals surface area contributed by atoms with Crippen LogP contribution in [0.5, 0.6) is 11.5 Å². The Kier molecular flexibility index (Phi) is 9.63. The lowest BCUT2D eigenvalue weighted by Crippen LogP contribution is -2.28. The van der Waals surface area contributed by atoms with Gasteiger partial charge in [0.25, 0.3) is 5.91 Å². The molecule has 176 valence electrons. The minimum Gasteiger partial charge on any atom is -0.488 e. The molecule has 2 aromatic rings. The molecule has 0 heterocycles. The van der Waals surface area contributed by atoms with Gasteiger partial charge in [0.1, 0.15) is 22.7 Å². The summed E-state index contributed by atoms with van der Waals surface area (Å²) in [5.41, 5.74) is 1.37. The fourth-order valence-corrected chi connectivity index (χ4v) is 3.51. The van der Waals surface area contributed by atoms with Crippen LogP contribution in [0.2, 0.25) is 0 Å². The second-order valence-corrected chi connectivity index (χ2v) is 10.2. The normalized spacial score (nSPS) is 11.8. The molecule has 0 radical (unpaired) electrons. The molecule has 0 aliphatic heterocycles. The first kappa shape index (κ1) is 26.2. The van der Waals surface area contributed by atoms with Crippen molar-refractivity contribution in [3.63, 3.8) is 0 Å². The number of unbranched alkanes of at least 4 members (excludes halogenated alkanes) is 1. The third-order valence-corrected chi connectivity index (χ3v) is 6.49. The molecule has 0 bridgehead atoms. The van der Waals surface area contributed by atoms with Crippen LogP contribution in [0.25, 0.3) is 0 Å². The van der Waals surface area contributed by atoms with Crippen LogP contribution in [0.4, 0.5) is 0 Å². The predicted octanol–water partition coefficient (Wildman–Crippen LogP) is 7.34. The molecule has 0 fully saturated rings. The molecule has 0 saturated carbocycles. The van der Waals surface area contributed by atoms with Gasteiger partial charge in [-0.1, -0.05) is 32.0 Å².